The maximum atomic E-state index is 11.8. The summed E-state index contributed by atoms with van der Waals surface area (Å²) in [5.74, 6) is -1.74. The number of aromatic hydroxyl groups is 3. The number of amides is 1. The summed E-state index contributed by atoms with van der Waals surface area (Å²) in [4.78, 5) is 21.7. The number of hydrogen-bond donors (Lipinski definition) is 4. The molecule has 0 bridgehead atoms. The number of phenolic OH excluding ortho intramolecular Hbond substituents is 3. The molecule has 0 fully saturated rings. The number of nitro groups is 1. The van der Waals surface area contributed by atoms with Gasteiger partial charge in [0.15, 0.2) is 5.75 Å². The Morgan fingerprint density at radius 1 is 1.13 bits per heavy atom. The van der Waals surface area contributed by atoms with Gasteiger partial charge in [0.05, 0.1) is 11.1 Å². The molecule has 0 atom stereocenters. The van der Waals surface area contributed by atoms with Crippen LogP contribution in [0.1, 0.15) is 15.9 Å². The van der Waals surface area contributed by atoms with Gasteiger partial charge in [0.25, 0.3) is 5.91 Å². The fraction of sp³-hybridized carbons (Fsp3) is 0. The predicted molar refractivity (Wildman–Crippen MR) is 79.6 cm³/mol. The number of nitrogens with one attached hydrogen (secondary N) is 1. The predicted octanol–water partition coefficient (Wildman–Crippen LogP) is 1.48. The summed E-state index contributed by atoms with van der Waals surface area (Å²) >= 11 is 0. The van der Waals surface area contributed by atoms with Gasteiger partial charge in [0.2, 0.25) is 0 Å². The van der Waals surface area contributed by atoms with E-state index in [-0.39, 0.29) is 22.6 Å². The Balaban J connectivity index is 2.11. The summed E-state index contributed by atoms with van der Waals surface area (Å²) < 4.78 is 0. The van der Waals surface area contributed by atoms with Crippen molar-refractivity contribution in [3.05, 3.63) is 57.6 Å². The summed E-state index contributed by atoms with van der Waals surface area (Å²) in [5.41, 5.74) is 1.92. The molecule has 1 amide bonds. The standard InChI is InChI=1S/C14H11N3O6/c18-10-4-9(5-11(19)6-10)14(21)16-15-7-8-1-2-13(20)12(3-8)17(22)23/h1-7,18-20H,(H,16,21)/b15-7+. The van der Waals surface area contributed by atoms with Crippen molar-refractivity contribution in [2.75, 3.05) is 0 Å². The average Bonchev–Trinajstić information content (AvgIpc) is 2.47. The molecule has 0 heterocycles. The largest absolute Gasteiger partial charge is 0.508 e. The first kappa shape index (κ1) is 15.8. The molecule has 0 saturated heterocycles. The van der Waals surface area contributed by atoms with E-state index in [1.807, 2.05) is 0 Å². The fourth-order valence-corrected chi connectivity index (χ4v) is 1.72. The number of nitro benzene ring substituents is 1. The van der Waals surface area contributed by atoms with Crippen LogP contribution in [0.25, 0.3) is 0 Å². The van der Waals surface area contributed by atoms with Crippen LogP contribution in [-0.2, 0) is 0 Å². The quantitative estimate of drug-likeness (QED) is 0.381. The highest BCUT2D eigenvalue weighted by Crippen LogP contribution is 2.25. The molecule has 0 aliphatic rings. The molecule has 9 nitrogen and oxygen atoms in total. The first-order chi connectivity index (χ1) is 10.9. The molecule has 23 heavy (non-hydrogen) atoms. The van der Waals surface area contributed by atoms with Gasteiger partial charge in [-0.25, -0.2) is 5.43 Å². The van der Waals surface area contributed by atoms with Gasteiger partial charge in [0.1, 0.15) is 11.5 Å². The lowest BCUT2D eigenvalue weighted by molar-refractivity contribution is -0.385. The van der Waals surface area contributed by atoms with E-state index in [1.165, 1.54) is 6.07 Å². The number of hydrogen-bond acceptors (Lipinski definition) is 7. The average molecular weight is 317 g/mol. The smallest absolute Gasteiger partial charge is 0.311 e. The van der Waals surface area contributed by atoms with Crippen LogP contribution in [0.4, 0.5) is 5.69 Å². The van der Waals surface area contributed by atoms with Gasteiger partial charge in [-0.1, -0.05) is 0 Å². The molecule has 2 aromatic carbocycles. The lowest BCUT2D eigenvalue weighted by atomic mass is 10.2. The zero-order valence-corrected chi connectivity index (χ0v) is 11.5. The zero-order valence-electron chi connectivity index (χ0n) is 11.5. The highest BCUT2D eigenvalue weighted by Gasteiger charge is 2.13. The van der Waals surface area contributed by atoms with Gasteiger partial charge in [0, 0.05) is 23.3 Å². The Morgan fingerprint density at radius 2 is 1.78 bits per heavy atom. The highest BCUT2D eigenvalue weighted by molar-refractivity contribution is 5.95. The molecule has 2 aromatic rings. The van der Waals surface area contributed by atoms with Gasteiger partial charge in [-0.3, -0.25) is 14.9 Å². The van der Waals surface area contributed by atoms with Crippen LogP contribution < -0.4 is 5.43 Å². The SMILES string of the molecule is O=C(N/N=C/c1ccc(O)c([N+](=O)[O-])c1)c1cc(O)cc(O)c1. The van der Waals surface area contributed by atoms with Gasteiger partial charge in [-0.05, 0) is 24.3 Å². The number of nitrogens with zero attached hydrogens (tertiary/aromatic N) is 2. The second kappa shape index (κ2) is 6.43. The molecule has 0 aliphatic carbocycles. The molecule has 9 heteroatoms. The minimum Gasteiger partial charge on any atom is -0.508 e. The molecule has 2 rings (SSSR count). The molecular weight excluding hydrogens is 306 g/mol. The summed E-state index contributed by atoms with van der Waals surface area (Å²) in [6.07, 6.45) is 1.15. The summed E-state index contributed by atoms with van der Waals surface area (Å²) in [6, 6.07) is 6.93. The van der Waals surface area contributed by atoms with Crippen LogP contribution in [0.3, 0.4) is 0 Å². The van der Waals surface area contributed by atoms with E-state index >= 15 is 0 Å². The van der Waals surface area contributed by atoms with Crippen molar-refractivity contribution in [3.63, 3.8) is 0 Å². The second-order valence-electron chi connectivity index (χ2n) is 4.44. The third-order valence-electron chi connectivity index (χ3n) is 2.74. The monoisotopic (exact) mass is 317 g/mol. The molecule has 0 aromatic heterocycles. The zero-order chi connectivity index (χ0) is 17.0. The van der Waals surface area contributed by atoms with Crippen molar-refractivity contribution < 1.29 is 25.0 Å². The maximum Gasteiger partial charge on any atom is 0.311 e. The van der Waals surface area contributed by atoms with E-state index in [0.29, 0.717) is 0 Å². The van der Waals surface area contributed by atoms with E-state index < -0.39 is 22.3 Å². The normalized spacial score (nSPS) is 10.6. The van der Waals surface area contributed by atoms with Gasteiger partial charge < -0.3 is 15.3 Å². The molecule has 0 spiro atoms. The van der Waals surface area contributed by atoms with Crippen LogP contribution in [0.5, 0.6) is 17.2 Å². The Hall–Kier alpha value is -3.62. The van der Waals surface area contributed by atoms with Crippen molar-refractivity contribution in [1.82, 2.24) is 5.43 Å². The number of hydrazone groups is 1. The number of benzene rings is 2. The Kier molecular flexibility index (Phi) is 4.41. The van der Waals surface area contributed by atoms with Crippen LogP contribution in [-0.4, -0.2) is 32.4 Å². The molecule has 118 valence electrons. The van der Waals surface area contributed by atoms with Gasteiger partial charge in [-0.15, -0.1) is 0 Å². The van der Waals surface area contributed by atoms with Crippen LogP contribution in [0, 0.1) is 10.1 Å². The Labute approximate surface area is 129 Å². The van der Waals surface area contributed by atoms with Crippen molar-refractivity contribution in [2.24, 2.45) is 5.10 Å². The Bertz CT molecular complexity index is 783. The van der Waals surface area contributed by atoms with Crippen molar-refractivity contribution in [3.8, 4) is 17.2 Å². The fourth-order valence-electron chi connectivity index (χ4n) is 1.72. The van der Waals surface area contributed by atoms with E-state index in [4.69, 9.17) is 0 Å². The van der Waals surface area contributed by atoms with Crippen LogP contribution in [0.15, 0.2) is 41.5 Å². The third-order valence-corrected chi connectivity index (χ3v) is 2.74. The summed E-state index contributed by atoms with van der Waals surface area (Å²) in [5, 5.41) is 42.2. The Morgan fingerprint density at radius 3 is 2.39 bits per heavy atom. The molecule has 0 radical (unpaired) electrons. The first-order valence-electron chi connectivity index (χ1n) is 6.20. The van der Waals surface area contributed by atoms with E-state index in [2.05, 4.69) is 10.5 Å². The summed E-state index contributed by atoms with van der Waals surface area (Å²) in [6.45, 7) is 0. The molecule has 0 aliphatic heterocycles. The number of carbonyl (C=O) groups is 1. The molecule has 4 N–H and O–H groups in total. The molecular formula is C14H11N3O6. The third kappa shape index (κ3) is 3.94. The minimum absolute atomic E-state index is 0.0173. The van der Waals surface area contributed by atoms with E-state index in [1.54, 1.807) is 0 Å². The van der Waals surface area contributed by atoms with E-state index in [9.17, 15) is 30.2 Å². The maximum absolute atomic E-state index is 11.8. The van der Waals surface area contributed by atoms with Crippen molar-refractivity contribution in [1.29, 1.82) is 0 Å². The minimum atomic E-state index is -0.749. The van der Waals surface area contributed by atoms with E-state index in [0.717, 1.165) is 36.5 Å². The lowest BCUT2D eigenvalue weighted by Gasteiger charge is -2.02. The highest BCUT2D eigenvalue weighted by atomic mass is 16.6. The van der Waals surface area contributed by atoms with Gasteiger partial charge >= 0.3 is 5.69 Å². The van der Waals surface area contributed by atoms with Crippen molar-refractivity contribution >= 4 is 17.8 Å². The molecule has 0 saturated carbocycles. The van der Waals surface area contributed by atoms with Crippen LogP contribution in [0.2, 0.25) is 0 Å². The number of rotatable bonds is 4. The van der Waals surface area contributed by atoms with Gasteiger partial charge in [-0.2, -0.15) is 5.10 Å². The second-order valence-corrected chi connectivity index (χ2v) is 4.44. The topological polar surface area (TPSA) is 145 Å². The first-order valence-corrected chi connectivity index (χ1v) is 6.20. The van der Waals surface area contributed by atoms with Crippen LogP contribution >= 0.6 is 0 Å². The van der Waals surface area contributed by atoms with Crippen molar-refractivity contribution in [2.45, 2.75) is 0 Å². The lowest BCUT2D eigenvalue weighted by Crippen LogP contribution is -2.17. The number of phenols is 3. The summed E-state index contributed by atoms with van der Waals surface area (Å²) in [7, 11) is 0. The molecule has 0 unspecified atom stereocenters. The number of carbonyl (C=O) groups excluding carboxylic acids is 1.